The van der Waals surface area contributed by atoms with Gasteiger partial charge in [-0.15, -0.1) is 0 Å². The zero-order valence-corrected chi connectivity index (χ0v) is 15.6. The molecule has 0 heterocycles. The van der Waals surface area contributed by atoms with Crippen LogP contribution >= 0.6 is 0 Å². The lowest BCUT2D eigenvalue weighted by Crippen LogP contribution is -2.25. The monoisotopic (exact) mass is 305 g/mol. The summed E-state index contributed by atoms with van der Waals surface area (Å²) in [5.74, 6) is 0.995. The molecule has 1 unspecified atom stereocenters. The first-order chi connectivity index (χ1) is 10.0. The Morgan fingerprint density at radius 1 is 1.14 bits per heavy atom. The molecule has 0 aliphatic carbocycles. The molecule has 2 nitrogen and oxygen atoms in total. The first-order valence-electron chi connectivity index (χ1n) is 8.57. The molecule has 126 valence electrons. The van der Waals surface area contributed by atoms with Crippen LogP contribution in [0.2, 0.25) is 0 Å². The van der Waals surface area contributed by atoms with E-state index in [1.807, 2.05) is 0 Å². The lowest BCUT2D eigenvalue weighted by atomic mass is 9.72. The molecule has 1 aromatic carbocycles. The summed E-state index contributed by atoms with van der Waals surface area (Å²) in [6, 6.07) is 6.80. The van der Waals surface area contributed by atoms with E-state index in [0.717, 1.165) is 31.6 Å². The standard InChI is InChI=1S/C20H35NO/c1-8-11-22-18-10-9-17(13-16(18)12-15(2)21)20(6,7)14-19(3,4)5/h9-10,13,15H,8,11-12,14,21H2,1-7H3. The number of rotatable bonds is 7. The van der Waals surface area contributed by atoms with Crippen molar-refractivity contribution in [1.82, 2.24) is 0 Å². The van der Waals surface area contributed by atoms with E-state index in [1.54, 1.807) is 0 Å². The predicted octanol–water partition coefficient (Wildman–Crippen LogP) is 5.08. The second kappa shape index (κ2) is 7.50. The maximum Gasteiger partial charge on any atom is 0.122 e. The van der Waals surface area contributed by atoms with Crippen LogP contribution in [0.15, 0.2) is 18.2 Å². The van der Waals surface area contributed by atoms with Crippen LogP contribution in [0, 0.1) is 5.41 Å². The van der Waals surface area contributed by atoms with Crippen LogP contribution < -0.4 is 10.5 Å². The molecular weight excluding hydrogens is 270 g/mol. The normalized spacial score (nSPS) is 14.0. The molecule has 0 aromatic heterocycles. The van der Waals surface area contributed by atoms with Crippen LogP contribution in [0.5, 0.6) is 5.75 Å². The molecule has 0 spiro atoms. The molecule has 0 bridgehead atoms. The highest BCUT2D eigenvalue weighted by Gasteiger charge is 2.28. The molecule has 1 aromatic rings. The third-order valence-corrected chi connectivity index (χ3v) is 3.82. The molecule has 0 amide bonds. The Kier molecular flexibility index (Phi) is 6.49. The smallest absolute Gasteiger partial charge is 0.122 e. The molecule has 0 aliphatic heterocycles. The van der Waals surface area contributed by atoms with E-state index >= 15 is 0 Å². The van der Waals surface area contributed by atoms with Crippen molar-refractivity contribution in [3.05, 3.63) is 29.3 Å². The fourth-order valence-electron chi connectivity index (χ4n) is 3.29. The summed E-state index contributed by atoms with van der Waals surface area (Å²) >= 11 is 0. The van der Waals surface area contributed by atoms with Gasteiger partial charge in [0.15, 0.2) is 0 Å². The van der Waals surface area contributed by atoms with Crippen LogP contribution in [0.25, 0.3) is 0 Å². The van der Waals surface area contributed by atoms with Gasteiger partial charge in [0, 0.05) is 6.04 Å². The molecule has 0 saturated heterocycles. The van der Waals surface area contributed by atoms with Gasteiger partial charge in [0.05, 0.1) is 6.61 Å². The van der Waals surface area contributed by atoms with Gasteiger partial charge in [-0.2, -0.15) is 0 Å². The molecule has 1 rings (SSSR count). The van der Waals surface area contributed by atoms with E-state index in [4.69, 9.17) is 10.5 Å². The molecule has 0 radical (unpaired) electrons. The number of nitrogens with two attached hydrogens (primary N) is 1. The number of ether oxygens (including phenoxy) is 1. The molecule has 0 fully saturated rings. The van der Waals surface area contributed by atoms with E-state index < -0.39 is 0 Å². The summed E-state index contributed by atoms with van der Waals surface area (Å²) < 4.78 is 5.90. The van der Waals surface area contributed by atoms with Crippen molar-refractivity contribution in [2.24, 2.45) is 11.1 Å². The third-order valence-electron chi connectivity index (χ3n) is 3.82. The van der Waals surface area contributed by atoms with Crippen molar-refractivity contribution < 1.29 is 4.74 Å². The summed E-state index contributed by atoms with van der Waals surface area (Å²) in [5, 5.41) is 0. The summed E-state index contributed by atoms with van der Waals surface area (Å²) in [4.78, 5) is 0. The van der Waals surface area contributed by atoms with Crippen LogP contribution in [0.4, 0.5) is 0 Å². The van der Waals surface area contributed by atoms with Gasteiger partial charge < -0.3 is 10.5 Å². The van der Waals surface area contributed by atoms with Gasteiger partial charge >= 0.3 is 0 Å². The molecule has 22 heavy (non-hydrogen) atoms. The SMILES string of the molecule is CCCOc1ccc(C(C)(C)CC(C)(C)C)cc1CC(C)N. The average Bonchev–Trinajstić information content (AvgIpc) is 2.33. The maximum absolute atomic E-state index is 6.03. The number of hydrogen-bond acceptors (Lipinski definition) is 2. The van der Waals surface area contributed by atoms with Crippen LogP contribution in [-0.2, 0) is 11.8 Å². The van der Waals surface area contributed by atoms with Crippen molar-refractivity contribution in [2.45, 2.75) is 79.2 Å². The largest absolute Gasteiger partial charge is 0.493 e. The topological polar surface area (TPSA) is 35.2 Å². The van der Waals surface area contributed by atoms with Crippen molar-refractivity contribution >= 4 is 0 Å². The first-order valence-corrected chi connectivity index (χ1v) is 8.57. The van der Waals surface area contributed by atoms with Gasteiger partial charge in [-0.05, 0) is 54.2 Å². The highest BCUT2D eigenvalue weighted by molar-refractivity contribution is 5.40. The van der Waals surface area contributed by atoms with Crippen molar-refractivity contribution in [3.8, 4) is 5.75 Å². The predicted molar refractivity (Wildman–Crippen MR) is 96.7 cm³/mol. The van der Waals surface area contributed by atoms with E-state index in [1.165, 1.54) is 11.1 Å². The van der Waals surface area contributed by atoms with Crippen molar-refractivity contribution in [3.63, 3.8) is 0 Å². The fraction of sp³-hybridized carbons (Fsp3) is 0.700. The Labute approximate surface area is 137 Å². The zero-order chi connectivity index (χ0) is 17.0. The van der Waals surface area contributed by atoms with Crippen molar-refractivity contribution in [2.75, 3.05) is 6.61 Å². The quantitative estimate of drug-likeness (QED) is 0.762. The van der Waals surface area contributed by atoms with E-state index in [-0.39, 0.29) is 11.5 Å². The van der Waals surface area contributed by atoms with Gasteiger partial charge in [-0.3, -0.25) is 0 Å². The van der Waals surface area contributed by atoms with Crippen LogP contribution in [0.1, 0.15) is 72.4 Å². The Bertz CT molecular complexity index is 469. The fourth-order valence-corrected chi connectivity index (χ4v) is 3.29. The number of benzene rings is 1. The minimum atomic E-state index is 0.143. The van der Waals surface area contributed by atoms with E-state index in [9.17, 15) is 0 Å². The molecule has 2 heteroatoms. The molecule has 0 saturated carbocycles. The lowest BCUT2D eigenvalue weighted by molar-refractivity contribution is 0.283. The van der Waals surface area contributed by atoms with Crippen LogP contribution in [-0.4, -0.2) is 12.6 Å². The lowest BCUT2D eigenvalue weighted by Gasteiger charge is -2.33. The van der Waals surface area contributed by atoms with E-state index in [2.05, 4.69) is 66.7 Å². The van der Waals surface area contributed by atoms with Gasteiger partial charge in [0.2, 0.25) is 0 Å². The zero-order valence-electron chi connectivity index (χ0n) is 15.6. The molecule has 0 aliphatic rings. The summed E-state index contributed by atoms with van der Waals surface area (Å²) in [7, 11) is 0. The third kappa shape index (κ3) is 6.00. The van der Waals surface area contributed by atoms with E-state index in [0.29, 0.717) is 5.41 Å². The van der Waals surface area contributed by atoms with Gasteiger partial charge in [0.1, 0.15) is 5.75 Å². The van der Waals surface area contributed by atoms with Gasteiger partial charge in [-0.25, -0.2) is 0 Å². The van der Waals surface area contributed by atoms with Gasteiger partial charge in [0.25, 0.3) is 0 Å². The highest BCUT2D eigenvalue weighted by atomic mass is 16.5. The highest BCUT2D eigenvalue weighted by Crippen LogP contribution is 2.37. The van der Waals surface area contributed by atoms with Gasteiger partial charge in [-0.1, -0.05) is 53.7 Å². The van der Waals surface area contributed by atoms with Crippen molar-refractivity contribution in [1.29, 1.82) is 0 Å². The summed E-state index contributed by atoms with van der Waals surface area (Å²) in [5.41, 5.74) is 9.10. The summed E-state index contributed by atoms with van der Waals surface area (Å²) in [6.07, 6.45) is 3.03. The minimum Gasteiger partial charge on any atom is -0.493 e. The second-order valence-electron chi connectivity index (χ2n) is 8.47. The Morgan fingerprint density at radius 3 is 2.27 bits per heavy atom. The first kappa shape index (κ1) is 19.0. The average molecular weight is 306 g/mol. The van der Waals surface area contributed by atoms with Crippen LogP contribution in [0.3, 0.4) is 0 Å². The summed E-state index contributed by atoms with van der Waals surface area (Å²) in [6.45, 7) is 16.5. The Morgan fingerprint density at radius 2 is 1.77 bits per heavy atom. The Hall–Kier alpha value is -1.02. The molecule has 1 atom stereocenters. The molecule has 2 N–H and O–H groups in total. The second-order valence-corrected chi connectivity index (χ2v) is 8.47. The molecular formula is C20H35NO. The number of hydrogen-bond donors (Lipinski definition) is 1. The maximum atomic E-state index is 6.03. The Balaban J connectivity index is 3.11. The minimum absolute atomic E-state index is 0.143.